The van der Waals surface area contributed by atoms with E-state index in [1.807, 2.05) is 0 Å². The number of hydrogen-bond donors (Lipinski definition) is 1. The van der Waals surface area contributed by atoms with Gasteiger partial charge in [0, 0.05) is 29.5 Å². The summed E-state index contributed by atoms with van der Waals surface area (Å²) in [6.45, 7) is 0. The second kappa shape index (κ2) is 3.84. The predicted molar refractivity (Wildman–Crippen MR) is 52.4 cm³/mol. The first-order valence-corrected chi connectivity index (χ1v) is 4.41. The van der Waals surface area contributed by atoms with Crippen molar-refractivity contribution in [1.29, 1.82) is 0 Å². The molecule has 0 aliphatic carbocycles. The van der Waals surface area contributed by atoms with E-state index in [1.165, 1.54) is 12.3 Å². The number of rotatable bonds is 1. The van der Waals surface area contributed by atoms with Crippen LogP contribution in [0.3, 0.4) is 0 Å². The van der Waals surface area contributed by atoms with E-state index < -0.39 is 17.5 Å². The molecule has 0 fully saturated rings. The van der Waals surface area contributed by atoms with Crippen LogP contribution < -0.4 is 5.56 Å². The maximum Gasteiger partial charge on any atom is 0.247 e. The average molecular weight is 225 g/mol. The summed E-state index contributed by atoms with van der Waals surface area (Å²) in [5.41, 5.74) is -0.398. The summed E-state index contributed by atoms with van der Waals surface area (Å²) in [5.74, 6) is -3.28. The van der Waals surface area contributed by atoms with Crippen LogP contribution in [-0.2, 0) is 0 Å². The summed E-state index contributed by atoms with van der Waals surface area (Å²) < 4.78 is 39.1. The molecule has 0 bridgehead atoms. The van der Waals surface area contributed by atoms with E-state index in [1.54, 1.807) is 0 Å². The molecule has 82 valence electrons. The largest absolute Gasteiger partial charge is 0.328 e. The highest BCUT2D eigenvalue weighted by molar-refractivity contribution is 5.63. The van der Waals surface area contributed by atoms with Crippen LogP contribution in [0, 0.1) is 17.5 Å². The number of aromatic nitrogens is 1. The van der Waals surface area contributed by atoms with Gasteiger partial charge >= 0.3 is 0 Å². The molecule has 0 atom stereocenters. The third-order valence-corrected chi connectivity index (χ3v) is 2.09. The van der Waals surface area contributed by atoms with Gasteiger partial charge in [-0.1, -0.05) is 0 Å². The Kier molecular flexibility index (Phi) is 2.52. The summed E-state index contributed by atoms with van der Waals surface area (Å²) in [4.78, 5) is 13.1. The average Bonchev–Trinajstić information content (AvgIpc) is 2.25. The van der Waals surface area contributed by atoms with Gasteiger partial charge in [0.05, 0.1) is 0 Å². The molecule has 0 aliphatic heterocycles. The Morgan fingerprint density at radius 1 is 1.06 bits per heavy atom. The number of H-pyrrole nitrogens is 1. The molecule has 2 aromatic rings. The summed E-state index contributed by atoms with van der Waals surface area (Å²) in [6, 6.07) is 3.77. The molecule has 1 aromatic carbocycles. The van der Waals surface area contributed by atoms with Crippen LogP contribution in [0.1, 0.15) is 0 Å². The molecular formula is C11H6F3NO. The standard InChI is InChI=1S/C11H6F3NO/c12-7-3-8(11(14)9(13)4-7)6-1-2-10(16)15-5-6/h1-5H,(H,15,16). The van der Waals surface area contributed by atoms with Crippen molar-refractivity contribution in [3.8, 4) is 11.1 Å². The molecule has 1 N–H and O–H groups in total. The molecule has 0 unspecified atom stereocenters. The molecule has 0 radical (unpaired) electrons. The van der Waals surface area contributed by atoms with Crippen LogP contribution in [0.15, 0.2) is 35.3 Å². The molecular weight excluding hydrogens is 219 g/mol. The fraction of sp³-hybridized carbons (Fsp3) is 0. The number of hydrogen-bond acceptors (Lipinski definition) is 1. The molecule has 0 spiro atoms. The zero-order valence-corrected chi connectivity index (χ0v) is 7.93. The lowest BCUT2D eigenvalue weighted by atomic mass is 10.1. The number of nitrogens with one attached hydrogen (secondary N) is 1. The Bertz CT molecular complexity index is 572. The maximum absolute atomic E-state index is 13.3. The van der Waals surface area contributed by atoms with E-state index in [9.17, 15) is 18.0 Å². The van der Waals surface area contributed by atoms with Crippen LogP contribution in [-0.4, -0.2) is 4.98 Å². The number of benzene rings is 1. The predicted octanol–water partition coefficient (Wildman–Crippen LogP) is 2.46. The minimum atomic E-state index is -1.26. The quantitative estimate of drug-likeness (QED) is 0.743. The summed E-state index contributed by atoms with van der Waals surface area (Å²) in [6.07, 6.45) is 1.19. The summed E-state index contributed by atoms with van der Waals surface area (Å²) >= 11 is 0. The first-order valence-electron chi connectivity index (χ1n) is 4.41. The van der Waals surface area contributed by atoms with Crippen molar-refractivity contribution in [3.05, 3.63) is 58.3 Å². The Hall–Kier alpha value is -2.04. The van der Waals surface area contributed by atoms with E-state index in [0.717, 1.165) is 12.1 Å². The Morgan fingerprint density at radius 3 is 2.44 bits per heavy atom. The summed E-state index contributed by atoms with van der Waals surface area (Å²) in [7, 11) is 0. The van der Waals surface area contributed by atoms with Gasteiger partial charge in [0.2, 0.25) is 5.56 Å². The SMILES string of the molecule is O=c1ccc(-c2cc(F)cc(F)c2F)c[nH]1. The fourth-order valence-corrected chi connectivity index (χ4v) is 1.34. The lowest BCUT2D eigenvalue weighted by Gasteiger charge is -2.03. The van der Waals surface area contributed by atoms with Crippen molar-refractivity contribution in [2.75, 3.05) is 0 Å². The summed E-state index contributed by atoms with van der Waals surface area (Å²) in [5, 5.41) is 0. The topological polar surface area (TPSA) is 32.9 Å². The first-order chi connectivity index (χ1) is 7.58. The van der Waals surface area contributed by atoms with Gasteiger partial charge in [0.25, 0.3) is 0 Å². The minimum absolute atomic E-state index is 0.204. The van der Waals surface area contributed by atoms with Gasteiger partial charge in [-0.3, -0.25) is 4.79 Å². The molecule has 16 heavy (non-hydrogen) atoms. The second-order valence-electron chi connectivity index (χ2n) is 3.19. The van der Waals surface area contributed by atoms with Crippen molar-refractivity contribution in [1.82, 2.24) is 4.98 Å². The van der Waals surface area contributed by atoms with Gasteiger partial charge in [-0.25, -0.2) is 13.2 Å². The van der Waals surface area contributed by atoms with Crippen molar-refractivity contribution in [2.45, 2.75) is 0 Å². The van der Waals surface area contributed by atoms with Crippen LogP contribution in [0.25, 0.3) is 11.1 Å². The van der Waals surface area contributed by atoms with Crippen LogP contribution in [0.2, 0.25) is 0 Å². The molecule has 0 amide bonds. The van der Waals surface area contributed by atoms with Gasteiger partial charge in [0.1, 0.15) is 5.82 Å². The lowest BCUT2D eigenvalue weighted by molar-refractivity contribution is 0.497. The molecule has 1 heterocycles. The normalized spacial score (nSPS) is 10.4. The molecule has 1 aromatic heterocycles. The minimum Gasteiger partial charge on any atom is -0.328 e. The van der Waals surface area contributed by atoms with Gasteiger partial charge < -0.3 is 4.98 Å². The molecule has 5 heteroatoms. The molecule has 0 saturated heterocycles. The highest BCUT2D eigenvalue weighted by Crippen LogP contribution is 2.24. The van der Waals surface area contributed by atoms with Gasteiger partial charge in [0.15, 0.2) is 11.6 Å². The number of aromatic amines is 1. The van der Waals surface area contributed by atoms with Gasteiger partial charge in [-0.05, 0) is 12.1 Å². The van der Waals surface area contributed by atoms with Crippen LogP contribution >= 0.6 is 0 Å². The van der Waals surface area contributed by atoms with Gasteiger partial charge in [-0.15, -0.1) is 0 Å². The van der Waals surface area contributed by atoms with Crippen molar-refractivity contribution in [3.63, 3.8) is 0 Å². The highest BCUT2D eigenvalue weighted by Gasteiger charge is 2.12. The van der Waals surface area contributed by atoms with E-state index in [2.05, 4.69) is 4.98 Å². The fourth-order valence-electron chi connectivity index (χ4n) is 1.34. The lowest BCUT2D eigenvalue weighted by Crippen LogP contribution is -2.02. The van der Waals surface area contributed by atoms with Gasteiger partial charge in [-0.2, -0.15) is 0 Å². The molecule has 2 nitrogen and oxygen atoms in total. The van der Waals surface area contributed by atoms with Crippen LogP contribution in [0.4, 0.5) is 13.2 Å². The zero-order valence-electron chi connectivity index (χ0n) is 7.93. The molecule has 0 aliphatic rings. The zero-order chi connectivity index (χ0) is 11.7. The Labute approximate surface area is 88.4 Å². The van der Waals surface area contributed by atoms with E-state index in [-0.39, 0.29) is 16.7 Å². The second-order valence-corrected chi connectivity index (χ2v) is 3.19. The third-order valence-electron chi connectivity index (χ3n) is 2.09. The van der Waals surface area contributed by atoms with Crippen molar-refractivity contribution in [2.24, 2.45) is 0 Å². The van der Waals surface area contributed by atoms with Crippen LogP contribution in [0.5, 0.6) is 0 Å². The monoisotopic (exact) mass is 225 g/mol. The third kappa shape index (κ3) is 1.84. The number of pyridine rings is 1. The first kappa shape index (κ1) is 10.5. The van der Waals surface area contributed by atoms with E-state index in [4.69, 9.17) is 0 Å². The smallest absolute Gasteiger partial charge is 0.247 e. The maximum atomic E-state index is 13.3. The van der Waals surface area contributed by atoms with Crippen molar-refractivity contribution < 1.29 is 13.2 Å². The van der Waals surface area contributed by atoms with E-state index >= 15 is 0 Å². The van der Waals surface area contributed by atoms with Crippen molar-refractivity contribution >= 4 is 0 Å². The molecule has 2 rings (SSSR count). The Balaban J connectivity index is 2.64. The van der Waals surface area contributed by atoms with E-state index in [0.29, 0.717) is 6.07 Å². The Morgan fingerprint density at radius 2 is 1.81 bits per heavy atom. The number of halogens is 3. The highest BCUT2D eigenvalue weighted by atomic mass is 19.2. The molecule has 0 saturated carbocycles.